The Bertz CT molecular complexity index is 757. The van der Waals surface area contributed by atoms with Gasteiger partial charge in [0.25, 0.3) is 5.91 Å². The minimum absolute atomic E-state index is 0.0567. The summed E-state index contributed by atoms with van der Waals surface area (Å²) in [6.07, 6.45) is 5.02. The van der Waals surface area contributed by atoms with Gasteiger partial charge in [-0.05, 0) is 25.7 Å². The maximum Gasteiger partial charge on any atom is 0.355 e. The molecule has 26 heavy (non-hydrogen) atoms. The zero-order chi connectivity index (χ0) is 18.5. The number of aromatic nitrogens is 1. The summed E-state index contributed by atoms with van der Waals surface area (Å²) >= 11 is 0. The monoisotopic (exact) mass is 362 g/mol. The molecule has 0 aliphatic carbocycles. The van der Waals surface area contributed by atoms with Crippen LogP contribution in [0.5, 0.6) is 0 Å². The number of fused-ring (bicyclic) bond motifs is 1. The predicted octanol–water partition coefficient (Wildman–Crippen LogP) is 2.78. The molecule has 0 spiro atoms. The lowest BCUT2D eigenvalue weighted by Gasteiger charge is -2.19. The van der Waals surface area contributed by atoms with Crippen LogP contribution < -0.4 is 5.32 Å². The van der Waals surface area contributed by atoms with Crippen LogP contribution in [0.4, 0.5) is 0 Å². The highest BCUT2D eigenvalue weighted by Gasteiger charge is 2.26. The molecule has 2 atom stereocenters. The molecule has 3 rings (SSSR count). The average Bonchev–Trinajstić information content (AvgIpc) is 3.36. The van der Waals surface area contributed by atoms with Crippen LogP contribution in [-0.2, 0) is 21.3 Å². The molecule has 7 heteroatoms. The van der Waals surface area contributed by atoms with Gasteiger partial charge in [0.2, 0.25) is 0 Å². The van der Waals surface area contributed by atoms with E-state index in [1.54, 1.807) is 30.0 Å². The molecule has 2 aromatic heterocycles. The number of nitrogens with one attached hydrogen (secondary N) is 1. The fourth-order valence-electron chi connectivity index (χ4n) is 3.20. The van der Waals surface area contributed by atoms with Crippen molar-refractivity contribution in [1.29, 1.82) is 0 Å². The lowest BCUT2D eigenvalue weighted by Crippen LogP contribution is -2.41. The Morgan fingerprint density at radius 3 is 3.00 bits per heavy atom. The van der Waals surface area contributed by atoms with Gasteiger partial charge in [-0.3, -0.25) is 4.79 Å². The number of aryl methyl sites for hydroxylation is 1. The van der Waals surface area contributed by atoms with Crippen molar-refractivity contribution in [2.75, 3.05) is 13.2 Å². The van der Waals surface area contributed by atoms with E-state index in [4.69, 9.17) is 13.9 Å². The van der Waals surface area contributed by atoms with Gasteiger partial charge < -0.3 is 23.8 Å². The first-order valence-corrected chi connectivity index (χ1v) is 9.23. The number of unbranched alkanes of at least 4 members (excludes halogenated alkanes) is 1. The third kappa shape index (κ3) is 4.09. The number of hydrogen-bond donors (Lipinski definition) is 1. The normalized spacial score (nSPS) is 18.2. The SMILES string of the molecule is CCCC[C@H](OC(=O)c1cc2occc2n1C)C(=O)NC[C@H]1CCCO1. The quantitative estimate of drug-likeness (QED) is 0.730. The molecule has 142 valence electrons. The summed E-state index contributed by atoms with van der Waals surface area (Å²) in [7, 11) is 1.77. The van der Waals surface area contributed by atoms with E-state index < -0.39 is 12.1 Å². The first-order valence-electron chi connectivity index (χ1n) is 9.23. The van der Waals surface area contributed by atoms with Gasteiger partial charge in [0, 0.05) is 32.3 Å². The maximum atomic E-state index is 12.6. The van der Waals surface area contributed by atoms with Crippen LogP contribution in [-0.4, -0.2) is 41.8 Å². The molecule has 1 fully saturated rings. The molecule has 0 bridgehead atoms. The largest absolute Gasteiger partial charge is 0.463 e. The number of ether oxygens (including phenoxy) is 2. The van der Waals surface area contributed by atoms with E-state index in [0.29, 0.717) is 24.2 Å². The van der Waals surface area contributed by atoms with E-state index in [1.807, 2.05) is 6.92 Å². The molecule has 3 heterocycles. The van der Waals surface area contributed by atoms with E-state index in [-0.39, 0.29) is 12.0 Å². The predicted molar refractivity (Wildman–Crippen MR) is 95.9 cm³/mol. The molecule has 1 saturated heterocycles. The molecule has 1 aliphatic heterocycles. The molecule has 7 nitrogen and oxygen atoms in total. The van der Waals surface area contributed by atoms with Gasteiger partial charge in [-0.2, -0.15) is 0 Å². The second-order valence-corrected chi connectivity index (χ2v) is 6.68. The topological polar surface area (TPSA) is 82.7 Å². The van der Waals surface area contributed by atoms with Crippen LogP contribution in [0.15, 0.2) is 22.8 Å². The van der Waals surface area contributed by atoms with Crippen LogP contribution >= 0.6 is 0 Å². The smallest absolute Gasteiger partial charge is 0.355 e. The van der Waals surface area contributed by atoms with Crippen molar-refractivity contribution in [2.24, 2.45) is 7.05 Å². The van der Waals surface area contributed by atoms with Gasteiger partial charge in [-0.1, -0.05) is 13.3 Å². The van der Waals surface area contributed by atoms with Crippen molar-refractivity contribution in [1.82, 2.24) is 9.88 Å². The summed E-state index contributed by atoms with van der Waals surface area (Å²) in [5, 5.41) is 2.86. The number of rotatable bonds is 8. The maximum absolute atomic E-state index is 12.6. The first kappa shape index (κ1) is 18.5. The van der Waals surface area contributed by atoms with Gasteiger partial charge in [0.1, 0.15) is 5.69 Å². The highest BCUT2D eigenvalue weighted by molar-refractivity contribution is 5.95. The van der Waals surface area contributed by atoms with Gasteiger partial charge in [-0.25, -0.2) is 4.79 Å². The van der Waals surface area contributed by atoms with E-state index in [1.165, 1.54) is 0 Å². The Labute approximate surface area is 152 Å². The summed E-state index contributed by atoms with van der Waals surface area (Å²) in [5.41, 5.74) is 1.80. The lowest BCUT2D eigenvalue weighted by molar-refractivity contribution is -0.130. The Kier molecular flexibility index (Phi) is 5.98. The molecule has 1 aliphatic rings. The Hall–Kier alpha value is -2.28. The highest BCUT2D eigenvalue weighted by Crippen LogP contribution is 2.21. The van der Waals surface area contributed by atoms with Crippen molar-refractivity contribution in [3.05, 3.63) is 24.1 Å². The third-order valence-electron chi connectivity index (χ3n) is 4.76. The molecule has 1 amide bonds. The number of hydrogen-bond acceptors (Lipinski definition) is 5. The number of nitrogens with zero attached hydrogens (tertiary/aromatic N) is 1. The van der Waals surface area contributed by atoms with Gasteiger partial charge in [-0.15, -0.1) is 0 Å². The van der Waals surface area contributed by atoms with Crippen LogP contribution in [0, 0.1) is 0 Å². The zero-order valence-electron chi connectivity index (χ0n) is 15.3. The molecule has 0 radical (unpaired) electrons. The Balaban J connectivity index is 1.64. The van der Waals surface area contributed by atoms with E-state index in [2.05, 4.69) is 5.32 Å². The molecule has 0 unspecified atom stereocenters. The second kappa shape index (κ2) is 8.40. The zero-order valence-corrected chi connectivity index (χ0v) is 15.3. The fraction of sp³-hybridized carbons (Fsp3) is 0.579. The molecule has 0 saturated carbocycles. The van der Waals surface area contributed by atoms with Crippen LogP contribution in [0.2, 0.25) is 0 Å². The minimum Gasteiger partial charge on any atom is -0.463 e. The molecule has 1 N–H and O–H groups in total. The van der Waals surface area contributed by atoms with Gasteiger partial charge in [0.15, 0.2) is 11.7 Å². The Morgan fingerprint density at radius 2 is 2.31 bits per heavy atom. The highest BCUT2D eigenvalue weighted by atomic mass is 16.5. The van der Waals surface area contributed by atoms with Crippen molar-refractivity contribution in [3.63, 3.8) is 0 Å². The van der Waals surface area contributed by atoms with Crippen molar-refractivity contribution in [3.8, 4) is 0 Å². The summed E-state index contributed by atoms with van der Waals surface area (Å²) in [4.78, 5) is 25.1. The second-order valence-electron chi connectivity index (χ2n) is 6.68. The van der Waals surface area contributed by atoms with E-state index >= 15 is 0 Å². The average molecular weight is 362 g/mol. The van der Waals surface area contributed by atoms with E-state index in [0.717, 1.165) is 37.8 Å². The first-order chi connectivity index (χ1) is 12.6. The van der Waals surface area contributed by atoms with Gasteiger partial charge in [0.05, 0.1) is 17.9 Å². The van der Waals surface area contributed by atoms with Crippen molar-refractivity contribution >= 4 is 23.0 Å². The van der Waals surface area contributed by atoms with Crippen LogP contribution in [0.1, 0.15) is 49.5 Å². The molecule has 0 aromatic carbocycles. The van der Waals surface area contributed by atoms with Gasteiger partial charge >= 0.3 is 5.97 Å². The number of amides is 1. The molecular weight excluding hydrogens is 336 g/mol. The Morgan fingerprint density at radius 1 is 1.46 bits per heavy atom. The van der Waals surface area contributed by atoms with Crippen LogP contribution in [0.3, 0.4) is 0 Å². The standard InChI is InChI=1S/C19H26N2O5/c1-3-4-7-16(18(22)20-12-13-6-5-9-24-13)26-19(23)15-11-17-14(21(15)2)8-10-25-17/h8,10-11,13,16H,3-7,9,12H2,1-2H3,(H,20,22)/t13-,16+/m1/s1. The third-order valence-corrected chi connectivity index (χ3v) is 4.76. The number of carbonyl (C=O) groups excluding carboxylic acids is 2. The molecule has 2 aromatic rings. The number of furan rings is 1. The number of esters is 1. The molecular formula is C19H26N2O5. The lowest BCUT2D eigenvalue weighted by atomic mass is 10.1. The minimum atomic E-state index is -0.801. The summed E-state index contributed by atoms with van der Waals surface area (Å²) < 4.78 is 18.1. The summed E-state index contributed by atoms with van der Waals surface area (Å²) in [6, 6.07) is 3.42. The number of carbonyl (C=O) groups is 2. The van der Waals surface area contributed by atoms with Crippen molar-refractivity contribution in [2.45, 2.75) is 51.2 Å². The summed E-state index contributed by atoms with van der Waals surface area (Å²) in [5.74, 6) is -0.785. The summed E-state index contributed by atoms with van der Waals surface area (Å²) in [6.45, 7) is 3.23. The van der Waals surface area contributed by atoms with Crippen LogP contribution in [0.25, 0.3) is 11.1 Å². The van der Waals surface area contributed by atoms with E-state index in [9.17, 15) is 9.59 Å². The van der Waals surface area contributed by atoms with Crippen molar-refractivity contribution < 1.29 is 23.5 Å². The fourth-order valence-corrected chi connectivity index (χ4v) is 3.20.